The molecule has 2 aromatic rings. The Labute approximate surface area is 183 Å². The number of nitrogens with one attached hydrogen (secondary N) is 1. The minimum atomic E-state index is -4.58. The van der Waals surface area contributed by atoms with Crippen molar-refractivity contribution in [3.05, 3.63) is 22.7 Å². The van der Waals surface area contributed by atoms with Gasteiger partial charge in [0.05, 0.1) is 33.5 Å². The van der Waals surface area contributed by atoms with Crippen LogP contribution in [0.2, 0.25) is 0 Å². The van der Waals surface area contributed by atoms with Gasteiger partial charge in [-0.2, -0.15) is 13.2 Å². The fourth-order valence-corrected chi connectivity index (χ4v) is 3.98. The van der Waals surface area contributed by atoms with E-state index < -0.39 is 41.8 Å². The highest BCUT2D eigenvalue weighted by atomic mass is 32.1. The number of alkyl carbamates (subject to hydrolysis) is 1. The number of aromatic nitrogens is 1. The predicted molar refractivity (Wildman–Crippen MR) is 113 cm³/mol. The van der Waals surface area contributed by atoms with Gasteiger partial charge in [0.15, 0.2) is 0 Å². The fraction of sp³-hybridized carbons (Fsp3) is 0.600. The molecule has 0 atom stereocenters. The van der Waals surface area contributed by atoms with Crippen LogP contribution >= 0.6 is 11.3 Å². The van der Waals surface area contributed by atoms with Crippen LogP contribution in [0.15, 0.2) is 12.1 Å². The zero-order valence-electron chi connectivity index (χ0n) is 18.6. The number of hydrogen-bond donors (Lipinski definition) is 1. The first-order valence-corrected chi connectivity index (χ1v) is 10.6. The van der Waals surface area contributed by atoms with Crippen LogP contribution in [-0.4, -0.2) is 35.0 Å². The molecule has 2 heterocycles. The van der Waals surface area contributed by atoms with Gasteiger partial charge in [0.2, 0.25) is 0 Å². The first kappa shape index (κ1) is 23.8. The Morgan fingerprint density at radius 3 is 2.26 bits per heavy atom. The maximum absolute atomic E-state index is 13.8. The number of carbonyl (C=O) groups excluding carboxylic acids is 1. The first-order valence-electron chi connectivity index (χ1n) is 9.81. The molecule has 1 aliphatic rings. The molecular formula is C20H26BF3N2O4S. The van der Waals surface area contributed by atoms with Gasteiger partial charge in [0, 0.05) is 0 Å². The van der Waals surface area contributed by atoms with Crippen molar-refractivity contribution in [2.75, 3.05) is 0 Å². The van der Waals surface area contributed by atoms with E-state index in [9.17, 15) is 18.0 Å². The van der Waals surface area contributed by atoms with E-state index in [2.05, 4.69) is 10.3 Å². The van der Waals surface area contributed by atoms with Crippen molar-refractivity contribution in [3.63, 3.8) is 0 Å². The van der Waals surface area contributed by atoms with E-state index in [1.165, 1.54) is 0 Å². The Bertz CT molecular complexity index is 983. The lowest BCUT2D eigenvalue weighted by atomic mass is 9.78. The van der Waals surface area contributed by atoms with Gasteiger partial charge in [-0.3, -0.25) is 0 Å². The van der Waals surface area contributed by atoms with Crippen LogP contribution in [0, 0.1) is 0 Å². The zero-order chi connectivity index (χ0) is 23.4. The average Bonchev–Trinajstić information content (AvgIpc) is 3.07. The summed E-state index contributed by atoms with van der Waals surface area (Å²) < 4.78 is 58.4. The molecule has 11 heteroatoms. The van der Waals surface area contributed by atoms with Crippen LogP contribution in [0.25, 0.3) is 10.2 Å². The molecule has 1 aromatic heterocycles. The normalized spacial score (nSPS) is 18.5. The van der Waals surface area contributed by atoms with Crippen LogP contribution < -0.4 is 10.8 Å². The van der Waals surface area contributed by atoms with E-state index in [1.54, 1.807) is 26.8 Å². The third kappa shape index (κ3) is 5.15. The number of ether oxygens (including phenoxy) is 1. The van der Waals surface area contributed by atoms with Crippen molar-refractivity contribution in [1.82, 2.24) is 10.3 Å². The lowest BCUT2D eigenvalue weighted by Crippen LogP contribution is -2.41. The monoisotopic (exact) mass is 458 g/mol. The molecule has 0 unspecified atom stereocenters. The van der Waals surface area contributed by atoms with Crippen LogP contribution in [0.5, 0.6) is 0 Å². The molecule has 1 fully saturated rings. The van der Waals surface area contributed by atoms with Gasteiger partial charge in [-0.1, -0.05) is 0 Å². The van der Waals surface area contributed by atoms with Gasteiger partial charge in [0.25, 0.3) is 0 Å². The summed E-state index contributed by atoms with van der Waals surface area (Å²) in [6.45, 7) is 12.4. The second kappa shape index (κ2) is 7.63. The van der Waals surface area contributed by atoms with Crippen LogP contribution in [0.1, 0.15) is 59.0 Å². The SMILES string of the molecule is CC(C)(C)OC(=O)NCc1nc2cc(B3OC(C)(C)C(C)(C)O3)cc(C(F)(F)F)c2s1. The highest BCUT2D eigenvalue weighted by Crippen LogP contribution is 2.40. The Hall–Kier alpha value is -1.85. The molecule has 0 aliphatic carbocycles. The third-order valence-corrected chi connectivity index (χ3v) is 6.27. The van der Waals surface area contributed by atoms with Crippen molar-refractivity contribution in [3.8, 4) is 0 Å². The molecule has 0 saturated carbocycles. The molecule has 3 rings (SSSR count). The van der Waals surface area contributed by atoms with Gasteiger partial charge in [0.1, 0.15) is 10.6 Å². The smallest absolute Gasteiger partial charge is 0.444 e. The maximum Gasteiger partial charge on any atom is 0.494 e. The Kier molecular flexibility index (Phi) is 5.86. The standard InChI is InChI=1S/C20H26BF3N2O4S/c1-17(2,3)28-16(27)25-10-14-26-13-9-11(8-12(15(13)31-14)20(22,23)24)21-29-18(4,5)19(6,7)30-21/h8-9H,10H2,1-7H3,(H,25,27). The van der Waals surface area contributed by atoms with Gasteiger partial charge in [-0.25, -0.2) is 9.78 Å². The number of nitrogens with zero attached hydrogens (tertiary/aromatic N) is 1. The summed E-state index contributed by atoms with van der Waals surface area (Å²) in [7, 11) is -0.944. The lowest BCUT2D eigenvalue weighted by Gasteiger charge is -2.32. The van der Waals surface area contributed by atoms with Crippen LogP contribution in [-0.2, 0) is 26.8 Å². The highest BCUT2D eigenvalue weighted by Gasteiger charge is 2.52. The highest BCUT2D eigenvalue weighted by molar-refractivity contribution is 7.18. The van der Waals surface area contributed by atoms with E-state index in [4.69, 9.17) is 14.0 Å². The molecule has 1 N–H and O–H groups in total. The van der Waals surface area contributed by atoms with Gasteiger partial charge in [-0.15, -0.1) is 11.3 Å². The Morgan fingerprint density at radius 2 is 1.74 bits per heavy atom. The summed E-state index contributed by atoms with van der Waals surface area (Å²) >= 11 is 0.879. The number of benzene rings is 1. The fourth-order valence-electron chi connectivity index (χ4n) is 2.96. The summed E-state index contributed by atoms with van der Waals surface area (Å²) in [5, 5.41) is 2.85. The molecular weight excluding hydrogens is 432 g/mol. The van der Waals surface area contributed by atoms with Crippen LogP contribution in [0.4, 0.5) is 18.0 Å². The quantitative estimate of drug-likeness (QED) is 0.679. The minimum Gasteiger partial charge on any atom is -0.444 e. The van der Waals surface area contributed by atoms with Gasteiger partial charge >= 0.3 is 19.4 Å². The number of carbonyl (C=O) groups is 1. The summed E-state index contributed by atoms with van der Waals surface area (Å²) in [5.41, 5.74) is -2.44. The average molecular weight is 458 g/mol. The van der Waals surface area contributed by atoms with E-state index >= 15 is 0 Å². The first-order chi connectivity index (χ1) is 14.0. The maximum atomic E-state index is 13.8. The zero-order valence-corrected chi connectivity index (χ0v) is 19.4. The second-order valence-electron chi connectivity index (χ2n) is 9.47. The van der Waals surface area contributed by atoms with Gasteiger partial charge < -0.3 is 19.4 Å². The lowest BCUT2D eigenvalue weighted by molar-refractivity contribution is -0.136. The van der Waals surface area contributed by atoms with E-state index in [0.29, 0.717) is 5.01 Å². The molecule has 0 radical (unpaired) electrons. The number of hydrogen-bond acceptors (Lipinski definition) is 6. The number of amides is 1. The van der Waals surface area contributed by atoms with Gasteiger partial charge in [-0.05, 0) is 66.1 Å². The number of rotatable bonds is 3. The summed E-state index contributed by atoms with van der Waals surface area (Å²) in [4.78, 5) is 16.2. The topological polar surface area (TPSA) is 69.7 Å². The van der Waals surface area contributed by atoms with Crippen molar-refractivity contribution in [2.45, 2.75) is 78.0 Å². The number of fused-ring (bicyclic) bond motifs is 1. The van der Waals surface area contributed by atoms with Crippen molar-refractivity contribution < 1.29 is 32.0 Å². The Balaban J connectivity index is 1.93. The Morgan fingerprint density at radius 1 is 1.16 bits per heavy atom. The number of thiazole rings is 1. The third-order valence-electron chi connectivity index (χ3n) is 5.17. The van der Waals surface area contributed by atoms with Crippen molar-refractivity contribution >= 4 is 40.2 Å². The predicted octanol–water partition coefficient (Wildman–Crippen LogP) is 4.64. The molecule has 1 amide bonds. The van der Waals surface area contributed by atoms with Crippen molar-refractivity contribution in [2.24, 2.45) is 0 Å². The molecule has 1 saturated heterocycles. The van der Waals surface area contributed by atoms with Crippen LogP contribution in [0.3, 0.4) is 0 Å². The molecule has 0 spiro atoms. The molecule has 1 aromatic carbocycles. The second-order valence-corrected chi connectivity index (χ2v) is 10.5. The van der Waals surface area contributed by atoms with Crippen molar-refractivity contribution in [1.29, 1.82) is 0 Å². The summed E-state index contributed by atoms with van der Waals surface area (Å²) in [6, 6.07) is 2.59. The molecule has 170 valence electrons. The number of alkyl halides is 3. The van der Waals surface area contributed by atoms with E-state index in [-0.39, 0.29) is 22.2 Å². The minimum absolute atomic E-state index is 0.00578. The largest absolute Gasteiger partial charge is 0.494 e. The summed E-state index contributed by atoms with van der Waals surface area (Å²) in [5.74, 6) is 0. The molecule has 6 nitrogen and oxygen atoms in total. The number of halogens is 3. The molecule has 1 aliphatic heterocycles. The van der Waals surface area contributed by atoms with E-state index in [0.717, 1.165) is 17.4 Å². The van der Waals surface area contributed by atoms with E-state index in [1.807, 2.05) is 27.7 Å². The molecule has 0 bridgehead atoms. The summed E-state index contributed by atoms with van der Waals surface area (Å²) in [6.07, 6.45) is -5.25. The molecule has 31 heavy (non-hydrogen) atoms.